The second-order valence-corrected chi connectivity index (χ2v) is 8.43. The molecule has 2 amide bonds. The zero-order chi connectivity index (χ0) is 20.2. The maximum atomic E-state index is 13.0. The fraction of sp³-hybridized carbons (Fsp3) is 0.524. The molecule has 0 bridgehead atoms. The zero-order valence-electron chi connectivity index (χ0n) is 16.6. The van der Waals surface area contributed by atoms with Crippen LogP contribution in [-0.2, 0) is 23.8 Å². The summed E-state index contributed by atoms with van der Waals surface area (Å²) in [5, 5.41) is 0. The van der Waals surface area contributed by atoms with Gasteiger partial charge >= 0.3 is 0 Å². The largest absolute Gasteiger partial charge is 0.348 e. The molecule has 0 atom stereocenters. The molecule has 29 heavy (non-hydrogen) atoms. The molecule has 5 rings (SSSR count). The van der Waals surface area contributed by atoms with Crippen LogP contribution in [0.1, 0.15) is 47.4 Å². The number of pyridine rings is 1. The molecule has 2 aromatic heterocycles. The molecular formula is C21H25N5O3. The summed E-state index contributed by atoms with van der Waals surface area (Å²) >= 11 is 0. The number of fused-ring (bicyclic) bond motifs is 2. The van der Waals surface area contributed by atoms with Crippen LogP contribution in [0.15, 0.2) is 29.5 Å². The Morgan fingerprint density at radius 3 is 2.62 bits per heavy atom. The first-order valence-corrected chi connectivity index (χ1v) is 10.3. The molecule has 2 aromatic rings. The van der Waals surface area contributed by atoms with Gasteiger partial charge in [0.15, 0.2) is 0 Å². The van der Waals surface area contributed by atoms with Crippen molar-refractivity contribution in [1.29, 1.82) is 0 Å². The normalized spacial score (nSPS) is 20.6. The van der Waals surface area contributed by atoms with Crippen molar-refractivity contribution in [2.24, 2.45) is 13.0 Å². The smallest absolute Gasteiger partial charge is 0.255 e. The number of carbonyl (C=O) groups is 2. The number of piperidine rings is 1. The van der Waals surface area contributed by atoms with E-state index in [4.69, 9.17) is 0 Å². The molecule has 8 nitrogen and oxygen atoms in total. The number of hydrogen-bond donors (Lipinski definition) is 1. The lowest BCUT2D eigenvalue weighted by atomic mass is 9.78. The Bertz CT molecular complexity index is 1030. The molecule has 2 aliphatic heterocycles. The van der Waals surface area contributed by atoms with E-state index >= 15 is 0 Å². The van der Waals surface area contributed by atoms with Crippen LogP contribution >= 0.6 is 0 Å². The Morgan fingerprint density at radius 2 is 1.93 bits per heavy atom. The van der Waals surface area contributed by atoms with Gasteiger partial charge in [0, 0.05) is 57.0 Å². The van der Waals surface area contributed by atoms with Crippen LogP contribution in [0, 0.1) is 5.92 Å². The molecule has 0 aromatic carbocycles. The van der Waals surface area contributed by atoms with E-state index in [1.54, 1.807) is 25.6 Å². The van der Waals surface area contributed by atoms with Gasteiger partial charge < -0.3 is 19.4 Å². The molecule has 1 aliphatic carbocycles. The monoisotopic (exact) mass is 395 g/mol. The Balaban J connectivity index is 1.40. The highest BCUT2D eigenvalue weighted by molar-refractivity contribution is 5.94. The molecule has 152 valence electrons. The van der Waals surface area contributed by atoms with Crippen molar-refractivity contribution in [2.45, 2.75) is 37.6 Å². The summed E-state index contributed by atoms with van der Waals surface area (Å²) in [5.41, 5.74) is 2.04. The topological polar surface area (TPSA) is 91.3 Å². The standard InChI is InChI=1S/C21H25N5O3/c1-24-12-15(4-5-17(24)27)19(28)25-10-7-21(8-11-25)18-16(22-13-23-18)6-9-26(21)20(29)14-2-3-14/h4-5,12-14H,2-3,6-11H2,1H3,(H,22,23). The van der Waals surface area contributed by atoms with Crippen molar-refractivity contribution in [3.8, 4) is 0 Å². The summed E-state index contributed by atoms with van der Waals surface area (Å²) in [5.74, 6) is 0.336. The van der Waals surface area contributed by atoms with Gasteiger partial charge in [-0.2, -0.15) is 0 Å². The SMILES string of the molecule is Cn1cc(C(=O)N2CCC3(CC2)c2nc[nH]c2CCN3C(=O)C2CC2)ccc1=O. The summed E-state index contributed by atoms with van der Waals surface area (Å²) in [6, 6.07) is 3.01. The van der Waals surface area contributed by atoms with Crippen molar-refractivity contribution < 1.29 is 9.59 Å². The molecular weight excluding hydrogens is 370 g/mol. The average Bonchev–Trinajstić information content (AvgIpc) is 3.47. The molecule has 0 radical (unpaired) electrons. The van der Waals surface area contributed by atoms with E-state index in [-0.39, 0.29) is 23.3 Å². The lowest BCUT2D eigenvalue weighted by molar-refractivity contribution is -0.143. The van der Waals surface area contributed by atoms with Crippen LogP contribution in [-0.4, -0.2) is 55.8 Å². The summed E-state index contributed by atoms with van der Waals surface area (Å²) in [7, 11) is 1.65. The van der Waals surface area contributed by atoms with Gasteiger partial charge in [0.1, 0.15) is 0 Å². The van der Waals surface area contributed by atoms with Gasteiger partial charge in [0.25, 0.3) is 5.91 Å². The van der Waals surface area contributed by atoms with E-state index in [2.05, 4.69) is 14.9 Å². The van der Waals surface area contributed by atoms with E-state index in [0.717, 1.165) is 30.7 Å². The number of amides is 2. The predicted molar refractivity (Wildman–Crippen MR) is 105 cm³/mol. The Morgan fingerprint density at radius 1 is 1.17 bits per heavy atom. The van der Waals surface area contributed by atoms with E-state index in [1.165, 1.54) is 10.6 Å². The fourth-order valence-electron chi connectivity index (χ4n) is 4.84. The number of nitrogens with one attached hydrogen (secondary N) is 1. The van der Waals surface area contributed by atoms with Gasteiger partial charge in [-0.3, -0.25) is 14.4 Å². The fourth-order valence-corrected chi connectivity index (χ4v) is 4.84. The van der Waals surface area contributed by atoms with Crippen LogP contribution in [0.2, 0.25) is 0 Å². The van der Waals surface area contributed by atoms with Crippen LogP contribution < -0.4 is 5.56 Å². The molecule has 0 unspecified atom stereocenters. The molecule has 1 saturated heterocycles. The number of hydrogen-bond acceptors (Lipinski definition) is 4. The van der Waals surface area contributed by atoms with Crippen molar-refractivity contribution in [1.82, 2.24) is 24.3 Å². The summed E-state index contributed by atoms with van der Waals surface area (Å²) < 4.78 is 1.42. The number of likely N-dealkylation sites (tertiary alicyclic amines) is 1. The molecule has 8 heteroatoms. The van der Waals surface area contributed by atoms with Crippen molar-refractivity contribution in [3.63, 3.8) is 0 Å². The highest BCUT2D eigenvalue weighted by atomic mass is 16.2. The first-order valence-electron chi connectivity index (χ1n) is 10.3. The van der Waals surface area contributed by atoms with E-state index in [1.807, 2.05) is 4.90 Å². The third kappa shape index (κ3) is 2.89. The number of imidazole rings is 1. The molecule has 1 N–H and O–H groups in total. The van der Waals surface area contributed by atoms with E-state index < -0.39 is 5.54 Å². The quantitative estimate of drug-likeness (QED) is 0.822. The summed E-state index contributed by atoms with van der Waals surface area (Å²) in [6.45, 7) is 1.82. The summed E-state index contributed by atoms with van der Waals surface area (Å²) in [4.78, 5) is 49.4. The highest BCUT2D eigenvalue weighted by Gasteiger charge is 2.51. The third-order valence-electron chi connectivity index (χ3n) is 6.66. The minimum Gasteiger partial charge on any atom is -0.348 e. The number of carbonyl (C=O) groups excluding carboxylic acids is 2. The number of H-pyrrole nitrogens is 1. The lowest BCUT2D eigenvalue weighted by Crippen LogP contribution is -2.59. The van der Waals surface area contributed by atoms with Crippen molar-refractivity contribution in [3.05, 3.63) is 52.0 Å². The number of aryl methyl sites for hydroxylation is 1. The van der Waals surface area contributed by atoms with Gasteiger partial charge in [0.2, 0.25) is 11.5 Å². The van der Waals surface area contributed by atoms with E-state index in [9.17, 15) is 14.4 Å². The molecule has 4 heterocycles. The number of aromatic amines is 1. The summed E-state index contributed by atoms with van der Waals surface area (Å²) in [6.07, 6.45) is 7.44. The minimum absolute atomic E-state index is 0.0754. The molecule has 3 aliphatic rings. The van der Waals surface area contributed by atoms with Crippen LogP contribution in [0.4, 0.5) is 0 Å². The van der Waals surface area contributed by atoms with Crippen LogP contribution in [0.3, 0.4) is 0 Å². The first-order chi connectivity index (χ1) is 14.0. The number of nitrogens with zero attached hydrogens (tertiary/aromatic N) is 4. The predicted octanol–water partition coefficient (Wildman–Crippen LogP) is 1.03. The molecule has 1 saturated carbocycles. The zero-order valence-corrected chi connectivity index (χ0v) is 16.6. The van der Waals surface area contributed by atoms with Gasteiger partial charge in [-0.15, -0.1) is 0 Å². The minimum atomic E-state index is -0.423. The Hall–Kier alpha value is -2.90. The lowest BCUT2D eigenvalue weighted by Gasteiger charge is -2.50. The highest BCUT2D eigenvalue weighted by Crippen LogP contribution is 2.45. The maximum Gasteiger partial charge on any atom is 0.255 e. The average molecular weight is 395 g/mol. The second-order valence-electron chi connectivity index (χ2n) is 8.43. The Labute approximate surface area is 168 Å². The molecule has 2 fully saturated rings. The Kier molecular flexibility index (Phi) is 4.11. The third-order valence-corrected chi connectivity index (χ3v) is 6.66. The first kappa shape index (κ1) is 18.1. The molecule has 1 spiro atoms. The van der Waals surface area contributed by atoms with Crippen molar-refractivity contribution in [2.75, 3.05) is 19.6 Å². The maximum absolute atomic E-state index is 13.0. The van der Waals surface area contributed by atoms with Gasteiger partial charge in [-0.1, -0.05) is 0 Å². The van der Waals surface area contributed by atoms with E-state index in [0.29, 0.717) is 38.0 Å². The van der Waals surface area contributed by atoms with Gasteiger partial charge in [-0.25, -0.2) is 4.98 Å². The van der Waals surface area contributed by atoms with Gasteiger partial charge in [-0.05, 0) is 31.7 Å². The number of aromatic nitrogens is 3. The van der Waals surface area contributed by atoms with Crippen LogP contribution in [0.25, 0.3) is 0 Å². The number of rotatable bonds is 2. The van der Waals surface area contributed by atoms with Crippen molar-refractivity contribution >= 4 is 11.8 Å². The second kappa shape index (κ2) is 6.57. The van der Waals surface area contributed by atoms with Crippen LogP contribution in [0.5, 0.6) is 0 Å². The van der Waals surface area contributed by atoms with Gasteiger partial charge in [0.05, 0.1) is 23.1 Å².